The van der Waals surface area contributed by atoms with Gasteiger partial charge in [0.2, 0.25) is 0 Å². The third-order valence-corrected chi connectivity index (χ3v) is 3.09. The van der Waals surface area contributed by atoms with Gasteiger partial charge in [0.15, 0.2) is 5.82 Å². The highest BCUT2D eigenvalue weighted by Gasteiger charge is 2.19. The molecule has 0 bridgehead atoms. The van der Waals surface area contributed by atoms with E-state index in [2.05, 4.69) is 20.7 Å². The molecule has 0 aliphatic carbocycles. The average Bonchev–Trinajstić information content (AvgIpc) is 2.89. The smallest absolute Gasteiger partial charge is 0.192 e. The van der Waals surface area contributed by atoms with Crippen LogP contribution in [0.25, 0.3) is 5.69 Å². The summed E-state index contributed by atoms with van der Waals surface area (Å²) in [4.78, 5) is 1.37. The molecule has 1 saturated heterocycles. The lowest BCUT2D eigenvalue weighted by Gasteiger charge is -2.19. The predicted octanol–water partition coefficient (Wildman–Crippen LogP) is 1.62. The van der Waals surface area contributed by atoms with E-state index in [4.69, 9.17) is 0 Å². The lowest BCUT2D eigenvalue weighted by molar-refractivity contribution is 0.397. The van der Waals surface area contributed by atoms with Gasteiger partial charge >= 0.3 is 0 Å². The number of tetrazole rings is 1. The minimum atomic E-state index is -0.304. The lowest BCUT2D eigenvalue weighted by atomic mass is 10.1. The summed E-state index contributed by atoms with van der Waals surface area (Å²) in [5, 5.41) is 15.7. The number of rotatable bonds is 2. The van der Waals surface area contributed by atoms with Gasteiger partial charge in [-0.2, -0.15) is 0 Å². The first kappa shape index (κ1) is 11.3. The molecule has 1 unspecified atom stereocenters. The minimum Gasteiger partial charge on any atom is -0.307 e. The maximum atomic E-state index is 13.1. The minimum absolute atomic E-state index is 0.168. The molecule has 18 heavy (non-hydrogen) atoms. The van der Waals surface area contributed by atoms with Crippen LogP contribution in [0.2, 0.25) is 0 Å². The molecule has 1 atom stereocenters. The molecule has 1 aliphatic rings. The Balaban J connectivity index is 1.84. The van der Waals surface area contributed by atoms with Gasteiger partial charge in [0, 0.05) is 6.07 Å². The molecule has 5 nitrogen and oxygen atoms in total. The first-order valence-electron chi connectivity index (χ1n) is 6.12. The summed E-state index contributed by atoms with van der Waals surface area (Å²) in [6.45, 7) is 0.985. The van der Waals surface area contributed by atoms with Crippen LogP contribution >= 0.6 is 0 Å². The fourth-order valence-electron chi connectivity index (χ4n) is 2.15. The summed E-state index contributed by atoms with van der Waals surface area (Å²) in [7, 11) is 0. The van der Waals surface area contributed by atoms with Crippen molar-refractivity contribution in [1.82, 2.24) is 25.5 Å². The maximum absolute atomic E-state index is 13.1. The van der Waals surface area contributed by atoms with Crippen LogP contribution < -0.4 is 5.32 Å². The van der Waals surface area contributed by atoms with Crippen molar-refractivity contribution in [3.8, 4) is 5.69 Å². The van der Waals surface area contributed by atoms with Gasteiger partial charge in [-0.15, -0.1) is 15.0 Å². The largest absolute Gasteiger partial charge is 0.307 e. The van der Waals surface area contributed by atoms with Crippen LogP contribution in [-0.2, 0) is 0 Å². The Bertz CT molecular complexity index is 533. The molecule has 1 aromatic carbocycles. The Morgan fingerprint density at radius 3 is 3.06 bits per heavy atom. The highest BCUT2D eigenvalue weighted by molar-refractivity contribution is 5.29. The third kappa shape index (κ3) is 2.24. The fourth-order valence-corrected chi connectivity index (χ4v) is 2.15. The number of hydrogen-bond donors (Lipinski definition) is 1. The number of hydrogen-bond acceptors (Lipinski definition) is 4. The van der Waals surface area contributed by atoms with Crippen molar-refractivity contribution in [3.05, 3.63) is 35.9 Å². The van der Waals surface area contributed by atoms with Gasteiger partial charge in [0.25, 0.3) is 0 Å². The van der Waals surface area contributed by atoms with Crippen LogP contribution in [0.15, 0.2) is 24.3 Å². The highest BCUT2D eigenvalue weighted by atomic mass is 19.1. The predicted molar refractivity (Wildman–Crippen MR) is 63.7 cm³/mol. The zero-order valence-electron chi connectivity index (χ0n) is 9.88. The van der Waals surface area contributed by atoms with Crippen molar-refractivity contribution in [2.24, 2.45) is 0 Å². The molecule has 0 amide bonds. The quantitative estimate of drug-likeness (QED) is 0.876. The molecule has 2 heterocycles. The number of nitrogens with one attached hydrogen (secondary N) is 1. The second kappa shape index (κ2) is 4.81. The molecule has 0 radical (unpaired) electrons. The second-order valence-corrected chi connectivity index (χ2v) is 4.42. The summed E-state index contributed by atoms with van der Waals surface area (Å²) in [6.07, 6.45) is 3.38. The van der Waals surface area contributed by atoms with Gasteiger partial charge in [0.05, 0.1) is 11.7 Å². The zero-order valence-corrected chi connectivity index (χ0v) is 9.88. The molecule has 94 valence electrons. The molecule has 0 spiro atoms. The van der Waals surface area contributed by atoms with Crippen LogP contribution in [0.5, 0.6) is 0 Å². The van der Waals surface area contributed by atoms with E-state index >= 15 is 0 Å². The van der Waals surface area contributed by atoms with Crippen molar-refractivity contribution in [2.45, 2.75) is 25.3 Å². The molecule has 1 fully saturated rings. The first-order valence-corrected chi connectivity index (χ1v) is 6.12. The van der Waals surface area contributed by atoms with Crippen LogP contribution in [0.3, 0.4) is 0 Å². The first-order chi connectivity index (χ1) is 8.83. The SMILES string of the molecule is Fc1cccc(-n2nnc(C3CCCCN3)n2)c1. The maximum Gasteiger partial charge on any atom is 0.192 e. The molecule has 0 saturated carbocycles. The van der Waals surface area contributed by atoms with Gasteiger partial charge in [-0.05, 0) is 36.7 Å². The fraction of sp³-hybridized carbons (Fsp3) is 0.417. The Morgan fingerprint density at radius 1 is 1.33 bits per heavy atom. The Morgan fingerprint density at radius 2 is 2.28 bits per heavy atom. The zero-order chi connectivity index (χ0) is 12.4. The van der Waals surface area contributed by atoms with Crippen molar-refractivity contribution in [1.29, 1.82) is 0 Å². The third-order valence-electron chi connectivity index (χ3n) is 3.09. The number of halogens is 1. The van der Waals surface area contributed by atoms with Gasteiger partial charge in [0.1, 0.15) is 5.82 Å². The van der Waals surface area contributed by atoms with E-state index in [0.717, 1.165) is 13.0 Å². The van der Waals surface area contributed by atoms with Gasteiger partial charge in [-0.3, -0.25) is 0 Å². The molecular weight excluding hydrogens is 233 g/mol. The van der Waals surface area contributed by atoms with Crippen LogP contribution in [0.1, 0.15) is 31.1 Å². The van der Waals surface area contributed by atoms with E-state index in [1.165, 1.54) is 29.8 Å². The summed E-state index contributed by atoms with van der Waals surface area (Å²) in [5.74, 6) is 0.376. The van der Waals surface area contributed by atoms with Crippen molar-refractivity contribution in [3.63, 3.8) is 0 Å². The summed E-state index contributed by atoms with van der Waals surface area (Å²) < 4.78 is 13.1. The lowest BCUT2D eigenvalue weighted by Crippen LogP contribution is -2.27. The monoisotopic (exact) mass is 247 g/mol. The van der Waals surface area contributed by atoms with Crippen LogP contribution in [0, 0.1) is 5.82 Å². The number of piperidine rings is 1. The standard InChI is InChI=1S/C12H14FN5/c13-9-4-3-5-10(8-9)18-16-12(15-17-18)11-6-1-2-7-14-11/h3-5,8,11,14H,1-2,6-7H2. The Hall–Kier alpha value is -1.82. The van der Waals surface area contributed by atoms with Crippen molar-refractivity contribution >= 4 is 0 Å². The van der Waals surface area contributed by atoms with Gasteiger partial charge in [-0.1, -0.05) is 12.5 Å². The molecule has 3 rings (SSSR count). The molecule has 1 aliphatic heterocycles. The normalized spacial score (nSPS) is 19.9. The Labute approximate surface area is 104 Å². The number of nitrogens with zero attached hydrogens (tertiary/aromatic N) is 4. The number of aromatic nitrogens is 4. The molecule has 1 aromatic heterocycles. The van der Waals surface area contributed by atoms with E-state index < -0.39 is 0 Å². The summed E-state index contributed by atoms with van der Waals surface area (Å²) in [6, 6.07) is 6.33. The molecular formula is C12H14FN5. The van der Waals surface area contributed by atoms with E-state index in [1.807, 2.05) is 0 Å². The van der Waals surface area contributed by atoms with Gasteiger partial charge in [-0.25, -0.2) is 4.39 Å². The molecule has 2 aromatic rings. The van der Waals surface area contributed by atoms with E-state index in [9.17, 15) is 4.39 Å². The Kier molecular flexibility index (Phi) is 3.02. The average molecular weight is 247 g/mol. The van der Waals surface area contributed by atoms with Crippen LogP contribution in [0.4, 0.5) is 4.39 Å². The highest BCUT2D eigenvalue weighted by Crippen LogP contribution is 2.19. The van der Waals surface area contributed by atoms with E-state index in [-0.39, 0.29) is 11.9 Å². The second-order valence-electron chi connectivity index (χ2n) is 4.42. The topological polar surface area (TPSA) is 55.6 Å². The van der Waals surface area contributed by atoms with E-state index in [1.54, 1.807) is 12.1 Å². The molecule has 1 N–H and O–H groups in total. The van der Waals surface area contributed by atoms with Crippen molar-refractivity contribution in [2.75, 3.05) is 6.54 Å². The van der Waals surface area contributed by atoms with Gasteiger partial charge < -0.3 is 5.32 Å². The van der Waals surface area contributed by atoms with Crippen LogP contribution in [-0.4, -0.2) is 26.8 Å². The van der Waals surface area contributed by atoms with Crippen molar-refractivity contribution < 1.29 is 4.39 Å². The summed E-state index contributed by atoms with van der Waals surface area (Å²) >= 11 is 0. The number of benzene rings is 1. The summed E-state index contributed by atoms with van der Waals surface area (Å²) in [5.41, 5.74) is 0.588. The molecule has 6 heteroatoms. The van der Waals surface area contributed by atoms with E-state index in [0.29, 0.717) is 11.5 Å².